The van der Waals surface area contributed by atoms with E-state index in [1.165, 1.54) is 23.4 Å². The van der Waals surface area contributed by atoms with Crippen molar-refractivity contribution in [2.45, 2.75) is 38.6 Å². The van der Waals surface area contributed by atoms with Crippen molar-refractivity contribution in [3.8, 4) is 0 Å². The zero-order valence-electron chi connectivity index (χ0n) is 20.2. The molecule has 2 atom stereocenters. The van der Waals surface area contributed by atoms with Gasteiger partial charge in [-0.1, -0.05) is 29.8 Å². The Kier molecular flexibility index (Phi) is 6.66. The Bertz CT molecular complexity index is 1540. The van der Waals surface area contributed by atoms with Gasteiger partial charge in [0.15, 0.2) is 0 Å². The quantitative estimate of drug-likeness (QED) is 0.276. The number of rotatable bonds is 8. The lowest BCUT2D eigenvalue weighted by Crippen LogP contribution is -2.41. The third-order valence-corrected chi connectivity index (χ3v) is 6.93. The Morgan fingerprint density at radius 1 is 1.08 bits per heavy atom. The summed E-state index contributed by atoms with van der Waals surface area (Å²) in [4.78, 5) is 3.93. The van der Waals surface area contributed by atoms with E-state index in [-0.39, 0.29) is 12.1 Å². The Labute approximate surface area is 217 Å². The number of aromatic nitrogens is 5. The molecular weight excluding hydrogens is 498 g/mol. The van der Waals surface area contributed by atoms with E-state index < -0.39 is 23.3 Å². The molecule has 0 aliphatic heterocycles. The first-order valence-electron chi connectivity index (χ1n) is 11.7. The topological polar surface area (TPSA) is 80.8 Å². The molecule has 2 heterocycles. The molecule has 0 saturated carbocycles. The van der Waals surface area contributed by atoms with Crippen molar-refractivity contribution in [3.05, 3.63) is 107 Å². The summed E-state index contributed by atoms with van der Waals surface area (Å²) in [6, 6.07) is 15.8. The highest BCUT2D eigenvalue weighted by atomic mass is 35.5. The van der Waals surface area contributed by atoms with Crippen LogP contribution in [-0.2, 0) is 18.7 Å². The number of halogens is 3. The van der Waals surface area contributed by atoms with E-state index >= 15 is 0 Å². The molecule has 0 unspecified atom stereocenters. The summed E-state index contributed by atoms with van der Waals surface area (Å²) in [5.74, 6) is -1.57. The van der Waals surface area contributed by atoms with E-state index in [0.29, 0.717) is 11.6 Å². The number of nitrogens with zero attached hydrogens (tertiary/aromatic N) is 5. The van der Waals surface area contributed by atoms with E-state index in [1.54, 1.807) is 11.6 Å². The van der Waals surface area contributed by atoms with Crippen LogP contribution in [0.5, 0.6) is 0 Å². The molecule has 0 aliphatic rings. The lowest BCUT2D eigenvalue weighted by molar-refractivity contribution is -0.0372. The molecule has 0 bridgehead atoms. The SMILES string of the molecule is Cc1c2cc(NCc3ccc(Cl)cc3)ccc2nn1[C@H](C)[C@](O)(Cn1cncn1)c1ccc(F)cc1F. The van der Waals surface area contributed by atoms with Crippen LogP contribution in [-0.4, -0.2) is 29.7 Å². The number of fused-ring (bicyclic) bond motifs is 1. The Morgan fingerprint density at radius 2 is 1.86 bits per heavy atom. The van der Waals surface area contributed by atoms with Gasteiger partial charge in [-0.3, -0.25) is 4.68 Å². The average Bonchev–Trinajstić information content (AvgIpc) is 3.50. The zero-order chi connectivity index (χ0) is 26.2. The summed E-state index contributed by atoms with van der Waals surface area (Å²) in [5, 5.41) is 25.7. The van der Waals surface area contributed by atoms with Crippen molar-refractivity contribution in [3.63, 3.8) is 0 Å². The molecule has 0 amide bonds. The van der Waals surface area contributed by atoms with Crippen LogP contribution in [0.15, 0.2) is 73.3 Å². The largest absolute Gasteiger partial charge is 0.381 e. The van der Waals surface area contributed by atoms with Crippen molar-refractivity contribution in [2.75, 3.05) is 5.32 Å². The molecule has 190 valence electrons. The fourth-order valence-corrected chi connectivity index (χ4v) is 4.69. The van der Waals surface area contributed by atoms with Gasteiger partial charge in [0.05, 0.1) is 18.1 Å². The Morgan fingerprint density at radius 3 is 2.57 bits per heavy atom. The second kappa shape index (κ2) is 9.91. The number of anilines is 1. The minimum Gasteiger partial charge on any atom is -0.381 e. The number of hydrogen-bond acceptors (Lipinski definition) is 5. The molecule has 10 heteroatoms. The predicted molar refractivity (Wildman–Crippen MR) is 138 cm³/mol. The normalized spacial score (nSPS) is 14.0. The van der Waals surface area contributed by atoms with E-state index in [2.05, 4.69) is 15.4 Å². The lowest BCUT2D eigenvalue weighted by Gasteiger charge is -2.35. The van der Waals surface area contributed by atoms with Crippen molar-refractivity contribution in [1.29, 1.82) is 0 Å². The first-order chi connectivity index (χ1) is 17.7. The van der Waals surface area contributed by atoms with Crippen LogP contribution in [0.3, 0.4) is 0 Å². The number of aliphatic hydroxyl groups is 1. The lowest BCUT2D eigenvalue weighted by atomic mass is 9.86. The number of benzene rings is 3. The second-order valence-electron chi connectivity index (χ2n) is 9.06. The van der Waals surface area contributed by atoms with E-state index in [4.69, 9.17) is 16.7 Å². The summed E-state index contributed by atoms with van der Waals surface area (Å²) < 4.78 is 31.7. The number of nitrogens with one attached hydrogen (secondary N) is 1. The maximum absolute atomic E-state index is 15.0. The van der Waals surface area contributed by atoms with Crippen molar-refractivity contribution in [2.24, 2.45) is 0 Å². The molecule has 0 aliphatic carbocycles. The van der Waals surface area contributed by atoms with Gasteiger partial charge in [0, 0.05) is 40.0 Å². The van der Waals surface area contributed by atoms with Crippen molar-refractivity contribution < 1.29 is 13.9 Å². The minimum absolute atomic E-state index is 0.0545. The van der Waals surface area contributed by atoms with Gasteiger partial charge in [-0.25, -0.2) is 18.4 Å². The summed E-state index contributed by atoms with van der Waals surface area (Å²) in [7, 11) is 0. The highest BCUT2D eigenvalue weighted by molar-refractivity contribution is 6.30. The number of hydrogen-bond donors (Lipinski definition) is 2. The smallest absolute Gasteiger partial charge is 0.137 e. The molecule has 5 aromatic rings. The Balaban J connectivity index is 1.49. The second-order valence-corrected chi connectivity index (χ2v) is 9.50. The molecule has 0 spiro atoms. The molecule has 37 heavy (non-hydrogen) atoms. The van der Waals surface area contributed by atoms with E-state index in [0.717, 1.165) is 40.0 Å². The van der Waals surface area contributed by atoms with Crippen LogP contribution in [0.4, 0.5) is 14.5 Å². The van der Waals surface area contributed by atoms with Gasteiger partial charge >= 0.3 is 0 Å². The zero-order valence-corrected chi connectivity index (χ0v) is 21.0. The van der Waals surface area contributed by atoms with Crippen LogP contribution in [0.1, 0.15) is 29.8 Å². The van der Waals surface area contributed by atoms with Crippen LogP contribution in [0, 0.1) is 18.6 Å². The van der Waals surface area contributed by atoms with Gasteiger partial charge in [-0.05, 0) is 55.8 Å². The van der Waals surface area contributed by atoms with Crippen LogP contribution < -0.4 is 5.32 Å². The van der Waals surface area contributed by atoms with Gasteiger partial charge in [-0.15, -0.1) is 0 Å². The first-order valence-corrected chi connectivity index (χ1v) is 12.1. The van der Waals surface area contributed by atoms with E-state index in [1.807, 2.05) is 49.4 Å². The third-order valence-electron chi connectivity index (χ3n) is 6.68. The molecule has 0 radical (unpaired) electrons. The maximum Gasteiger partial charge on any atom is 0.137 e. The molecule has 7 nitrogen and oxygen atoms in total. The van der Waals surface area contributed by atoms with Crippen LogP contribution in [0.25, 0.3) is 10.9 Å². The van der Waals surface area contributed by atoms with Gasteiger partial charge in [0.2, 0.25) is 0 Å². The van der Waals surface area contributed by atoms with Gasteiger partial charge in [0.25, 0.3) is 0 Å². The Hall–Kier alpha value is -3.82. The van der Waals surface area contributed by atoms with Crippen LogP contribution >= 0.6 is 11.6 Å². The van der Waals surface area contributed by atoms with Gasteiger partial charge < -0.3 is 10.4 Å². The molecule has 0 fully saturated rings. The summed E-state index contributed by atoms with van der Waals surface area (Å²) in [5.41, 5.74) is 1.64. The number of aryl methyl sites for hydroxylation is 1. The third kappa shape index (κ3) is 4.92. The molecular formula is C27H25ClF2N6O. The van der Waals surface area contributed by atoms with Crippen molar-refractivity contribution >= 4 is 28.2 Å². The molecule has 2 aromatic heterocycles. The summed E-state index contributed by atoms with van der Waals surface area (Å²) in [6.07, 6.45) is 2.77. The van der Waals surface area contributed by atoms with Crippen molar-refractivity contribution in [1.82, 2.24) is 24.5 Å². The maximum atomic E-state index is 15.0. The minimum atomic E-state index is -1.81. The van der Waals surface area contributed by atoms with E-state index in [9.17, 15) is 13.9 Å². The monoisotopic (exact) mass is 522 g/mol. The van der Waals surface area contributed by atoms with Gasteiger partial charge in [0.1, 0.15) is 29.9 Å². The summed E-state index contributed by atoms with van der Waals surface area (Å²) in [6.45, 7) is 4.15. The summed E-state index contributed by atoms with van der Waals surface area (Å²) >= 11 is 5.97. The molecule has 0 saturated heterocycles. The average molecular weight is 523 g/mol. The fraction of sp³-hybridized carbons (Fsp3) is 0.222. The molecule has 3 aromatic carbocycles. The first kappa shape index (κ1) is 24.9. The highest BCUT2D eigenvalue weighted by Gasteiger charge is 2.41. The van der Waals surface area contributed by atoms with Crippen LogP contribution in [0.2, 0.25) is 5.02 Å². The van der Waals surface area contributed by atoms with Gasteiger partial charge in [-0.2, -0.15) is 10.2 Å². The standard InChI is InChI=1S/C27H25ClF2N6O/c1-17-23-12-22(32-13-19-3-5-20(28)6-4-19)8-10-26(23)34-36(17)18(2)27(37,14-35-16-31-15-33-35)24-9-7-21(29)11-25(24)30/h3-12,15-16,18,32,37H,13-14H2,1-2H3/t18-,27-/m1/s1. The molecule has 5 rings (SSSR count). The molecule has 2 N–H and O–H groups in total. The fourth-order valence-electron chi connectivity index (χ4n) is 4.57. The predicted octanol–water partition coefficient (Wildman–Crippen LogP) is 5.63. The highest BCUT2D eigenvalue weighted by Crippen LogP contribution is 2.38.